The van der Waals surface area contributed by atoms with Crippen LogP contribution in [0.5, 0.6) is 28.7 Å². The second kappa shape index (κ2) is 7.98. The van der Waals surface area contributed by atoms with E-state index in [1.54, 1.807) is 12.1 Å². The van der Waals surface area contributed by atoms with E-state index in [0.29, 0.717) is 11.3 Å². The summed E-state index contributed by atoms with van der Waals surface area (Å²) >= 11 is 0. The minimum absolute atomic E-state index is 0.00926. The monoisotopic (exact) mass is 387 g/mol. The van der Waals surface area contributed by atoms with Gasteiger partial charge in [-0.2, -0.15) is 0 Å². The maximum Gasteiger partial charge on any atom is 0.174 e. The minimum atomic E-state index is -0.639. The zero-order valence-corrected chi connectivity index (χ0v) is 16.2. The van der Waals surface area contributed by atoms with E-state index in [1.807, 2.05) is 13.8 Å². The summed E-state index contributed by atoms with van der Waals surface area (Å²) in [5.41, 5.74) is 0.947. The SMILES string of the molecule is CCC(C)NCc1c(O)cc2c(c1O)C(=O)C[C@@H](c1ccc(OC)c(O)c1)O2. The number of hydrogen-bond acceptors (Lipinski definition) is 7. The molecule has 0 aliphatic carbocycles. The molecule has 0 saturated heterocycles. The van der Waals surface area contributed by atoms with Crippen molar-refractivity contribution in [1.29, 1.82) is 0 Å². The third-order valence-electron chi connectivity index (χ3n) is 5.08. The fraction of sp³-hybridized carbons (Fsp3) is 0.381. The number of methoxy groups -OCH3 is 1. The molecule has 1 aliphatic rings. The normalized spacial score (nSPS) is 17.0. The van der Waals surface area contributed by atoms with Crippen LogP contribution in [0, 0.1) is 0 Å². The molecule has 7 nitrogen and oxygen atoms in total. The van der Waals surface area contributed by atoms with Gasteiger partial charge in [0.1, 0.15) is 28.9 Å². The molecule has 1 aliphatic heterocycles. The number of Topliss-reactive ketones (excluding diaryl/α,β-unsaturated/α-hetero) is 1. The van der Waals surface area contributed by atoms with Crippen LogP contribution in [0.3, 0.4) is 0 Å². The highest BCUT2D eigenvalue weighted by molar-refractivity contribution is 6.03. The Bertz CT molecular complexity index is 895. The largest absolute Gasteiger partial charge is 0.507 e. The van der Waals surface area contributed by atoms with Gasteiger partial charge in [0.05, 0.1) is 19.1 Å². The molecule has 0 spiro atoms. The lowest BCUT2D eigenvalue weighted by atomic mass is 9.93. The van der Waals surface area contributed by atoms with E-state index in [2.05, 4.69) is 5.32 Å². The maximum atomic E-state index is 12.7. The summed E-state index contributed by atoms with van der Waals surface area (Å²) in [5.74, 6) is -0.299. The summed E-state index contributed by atoms with van der Waals surface area (Å²) in [7, 11) is 1.45. The molecule has 0 radical (unpaired) electrons. The van der Waals surface area contributed by atoms with Gasteiger partial charge in [0.25, 0.3) is 0 Å². The molecule has 0 amide bonds. The molecule has 4 N–H and O–H groups in total. The average molecular weight is 387 g/mol. The van der Waals surface area contributed by atoms with Crippen molar-refractivity contribution in [3.63, 3.8) is 0 Å². The van der Waals surface area contributed by atoms with Crippen molar-refractivity contribution in [3.8, 4) is 28.7 Å². The molecule has 0 saturated carbocycles. The highest BCUT2D eigenvalue weighted by Crippen LogP contribution is 2.45. The van der Waals surface area contributed by atoms with Gasteiger partial charge < -0.3 is 30.1 Å². The first-order valence-electron chi connectivity index (χ1n) is 9.23. The van der Waals surface area contributed by atoms with Crippen LogP contribution in [0.25, 0.3) is 0 Å². The van der Waals surface area contributed by atoms with Crippen LogP contribution in [0.2, 0.25) is 0 Å². The number of benzene rings is 2. The molecule has 0 bridgehead atoms. The van der Waals surface area contributed by atoms with E-state index in [4.69, 9.17) is 9.47 Å². The topological polar surface area (TPSA) is 108 Å². The van der Waals surface area contributed by atoms with E-state index in [0.717, 1.165) is 6.42 Å². The predicted octanol–water partition coefficient (Wildman–Crippen LogP) is 3.41. The zero-order chi connectivity index (χ0) is 20.4. The van der Waals surface area contributed by atoms with Crippen LogP contribution in [0.1, 0.15) is 54.3 Å². The smallest absolute Gasteiger partial charge is 0.174 e. The van der Waals surface area contributed by atoms with Crippen LogP contribution >= 0.6 is 0 Å². The number of rotatable bonds is 6. The number of carbonyl (C=O) groups is 1. The van der Waals surface area contributed by atoms with Gasteiger partial charge in [-0.25, -0.2) is 0 Å². The number of nitrogens with one attached hydrogen (secondary N) is 1. The Labute approximate surface area is 163 Å². The lowest BCUT2D eigenvalue weighted by molar-refractivity contribution is 0.0844. The highest BCUT2D eigenvalue weighted by atomic mass is 16.5. The second-order valence-electron chi connectivity index (χ2n) is 6.95. The first-order valence-corrected chi connectivity index (χ1v) is 9.23. The lowest BCUT2D eigenvalue weighted by Crippen LogP contribution is -2.25. The van der Waals surface area contributed by atoms with Gasteiger partial charge >= 0.3 is 0 Å². The third-order valence-corrected chi connectivity index (χ3v) is 5.08. The molecular weight excluding hydrogens is 362 g/mol. The predicted molar refractivity (Wildman–Crippen MR) is 103 cm³/mol. The Kier molecular flexibility index (Phi) is 5.65. The molecule has 2 aromatic rings. The number of ether oxygens (including phenoxy) is 2. The molecular formula is C21H25NO6. The van der Waals surface area contributed by atoms with E-state index in [1.165, 1.54) is 19.2 Å². The zero-order valence-electron chi connectivity index (χ0n) is 16.2. The Balaban J connectivity index is 1.91. The number of phenolic OH excluding ortho intramolecular Hbond substituents is 3. The Morgan fingerprint density at radius 2 is 2.00 bits per heavy atom. The molecule has 150 valence electrons. The van der Waals surface area contributed by atoms with Gasteiger partial charge in [-0.3, -0.25) is 4.79 Å². The summed E-state index contributed by atoms with van der Waals surface area (Å²) < 4.78 is 10.9. The quantitative estimate of drug-likeness (QED) is 0.601. The van der Waals surface area contributed by atoms with Crippen molar-refractivity contribution >= 4 is 5.78 Å². The van der Waals surface area contributed by atoms with Crippen molar-refractivity contribution in [3.05, 3.63) is 41.0 Å². The van der Waals surface area contributed by atoms with E-state index >= 15 is 0 Å². The molecule has 0 aromatic heterocycles. The number of aromatic hydroxyl groups is 3. The number of hydrogen-bond donors (Lipinski definition) is 4. The van der Waals surface area contributed by atoms with Crippen LogP contribution in [0.15, 0.2) is 24.3 Å². The van der Waals surface area contributed by atoms with Gasteiger partial charge in [-0.1, -0.05) is 13.0 Å². The number of fused-ring (bicyclic) bond motifs is 1. The first-order chi connectivity index (χ1) is 13.3. The molecule has 2 aromatic carbocycles. The number of carbonyl (C=O) groups excluding carboxylic acids is 1. The summed E-state index contributed by atoms with van der Waals surface area (Å²) in [6, 6.07) is 6.33. The van der Waals surface area contributed by atoms with E-state index < -0.39 is 6.10 Å². The van der Waals surface area contributed by atoms with E-state index in [-0.39, 0.29) is 58.9 Å². The average Bonchev–Trinajstić information content (AvgIpc) is 2.66. The van der Waals surface area contributed by atoms with Crippen molar-refractivity contribution in [2.24, 2.45) is 0 Å². The molecule has 1 heterocycles. The fourth-order valence-electron chi connectivity index (χ4n) is 3.19. The molecule has 0 fully saturated rings. The van der Waals surface area contributed by atoms with Crippen LogP contribution < -0.4 is 14.8 Å². The van der Waals surface area contributed by atoms with Crippen molar-refractivity contribution in [1.82, 2.24) is 5.32 Å². The van der Waals surface area contributed by atoms with Gasteiger partial charge in [0, 0.05) is 18.7 Å². The fourth-order valence-corrected chi connectivity index (χ4v) is 3.19. The van der Waals surface area contributed by atoms with E-state index in [9.17, 15) is 20.1 Å². The minimum Gasteiger partial charge on any atom is -0.507 e. The molecule has 1 unspecified atom stereocenters. The number of ketones is 1. The van der Waals surface area contributed by atoms with Gasteiger partial charge in [0.2, 0.25) is 0 Å². The molecule has 7 heteroatoms. The Morgan fingerprint density at radius 3 is 2.64 bits per heavy atom. The summed E-state index contributed by atoms with van der Waals surface area (Å²) in [4.78, 5) is 12.7. The maximum absolute atomic E-state index is 12.7. The Morgan fingerprint density at radius 1 is 1.25 bits per heavy atom. The number of phenols is 3. The van der Waals surface area contributed by atoms with Crippen LogP contribution in [0.4, 0.5) is 0 Å². The lowest BCUT2D eigenvalue weighted by Gasteiger charge is -2.27. The van der Waals surface area contributed by atoms with Crippen LogP contribution in [-0.2, 0) is 6.54 Å². The second-order valence-corrected chi connectivity index (χ2v) is 6.95. The third kappa shape index (κ3) is 3.71. The Hall–Kier alpha value is -2.93. The molecule has 28 heavy (non-hydrogen) atoms. The van der Waals surface area contributed by atoms with Crippen molar-refractivity contribution in [2.45, 2.75) is 45.4 Å². The summed E-state index contributed by atoms with van der Waals surface area (Å²) in [5, 5.41) is 34.1. The van der Waals surface area contributed by atoms with Crippen molar-refractivity contribution in [2.75, 3.05) is 7.11 Å². The molecule has 2 atom stereocenters. The first kappa shape index (κ1) is 19.8. The van der Waals surface area contributed by atoms with Crippen LogP contribution in [-0.4, -0.2) is 34.3 Å². The van der Waals surface area contributed by atoms with Gasteiger partial charge in [-0.05, 0) is 31.0 Å². The summed E-state index contributed by atoms with van der Waals surface area (Å²) in [6.45, 7) is 4.26. The highest BCUT2D eigenvalue weighted by Gasteiger charge is 2.33. The standard InChI is InChI=1S/C21H25NO6/c1-4-11(2)22-10-13-14(23)8-19-20(21(13)26)16(25)9-18(28-19)12-5-6-17(27-3)15(24)7-12/h5-8,11,18,22-24,26H,4,9-10H2,1-3H3/t11?,18-/m0/s1. The van der Waals surface area contributed by atoms with Crippen molar-refractivity contribution < 1.29 is 29.6 Å². The van der Waals surface area contributed by atoms with Gasteiger partial charge in [-0.15, -0.1) is 0 Å². The summed E-state index contributed by atoms with van der Waals surface area (Å²) in [6.07, 6.45) is 0.264. The van der Waals surface area contributed by atoms with Gasteiger partial charge in [0.15, 0.2) is 17.3 Å². The molecule has 3 rings (SSSR count).